The van der Waals surface area contributed by atoms with E-state index in [9.17, 15) is 4.79 Å². The Balaban J connectivity index is 1.87. The summed E-state index contributed by atoms with van der Waals surface area (Å²) in [5.74, 6) is 0.0191. The molecule has 0 saturated heterocycles. The second-order valence-electron chi connectivity index (χ2n) is 5.84. The van der Waals surface area contributed by atoms with E-state index in [1.807, 2.05) is 44.3 Å². The van der Waals surface area contributed by atoms with Crippen molar-refractivity contribution in [1.29, 1.82) is 0 Å². The minimum Gasteiger partial charge on any atom is -0.337 e. The van der Waals surface area contributed by atoms with Gasteiger partial charge in [0.1, 0.15) is 0 Å². The number of aryl methyl sites for hydroxylation is 1. The van der Waals surface area contributed by atoms with Gasteiger partial charge < -0.3 is 4.90 Å². The third-order valence-corrected chi connectivity index (χ3v) is 4.74. The van der Waals surface area contributed by atoms with E-state index in [1.165, 1.54) is 4.90 Å². The van der Waals surface area contributed by atoms with E-state index in [1.54, 1.807) is 16.7 Å². The molecule has 4 heteroatoms. The number of amides is 1. The lowest BCUT2D eigenvalue weighted by Gasteiger charge is -2.19. The maximum absolute atomic E-state index is 12.9. The highest BCUT2D eigenvalue weighted by Crippen LogP contribution is 2.21. The number of para-hydroxylation sites is 1. The maximum Gasteiger partial charge on any atom is 0.254 e. The van der Waals surface area contributed by atoms with Crippen LogP contribution in [0.5, 0.6) is 0 Å². The summed E-state index contributed by atoms with van der Waals surface area (Å²) in [5.41, 5.74) is 3.55. The SMILES string of the molecule is CSc1ccc(CN(C)C(=O)c2cc(C)nc3ccccc23)cc1. The summed E-state index contributed by atoms with van der Waals surface area (Å²) in [7, 11) is 1.84. The number of aromatic nitrogens is 1. The smallest absolute Gasteiger partial charge is 0.254 e. The number of fused-ring (bicyclic) bond motifs is 1. The van der Waals surface area contributed by atoms with Gasteiger partial charge in [0.2, 0.25) is 0 Å². The number of benzene rings is 2. The highest BCUT2D eigenvalue weighted by molar-refractivity contribution is 7.98. The first-order valence-electron chi connectivity index (χ1n) is 7.83. The minimum absolute atomic E-state index is 0.0191. The molecule has 2 aromatic carbocycles. The Bertz CT molecular complexity index is 874. The summed E-state index contributed by atoms with van der Waals surface area (Å²) in [4.78, 5) is 20.4. The Morgan fingerprint density at radius 1 is 1.12 bits per heavy atom. The molecule has 0 aliphatic rings. The Hall–Kier alpha value is -2.33. The first-order valence-corrected chi connectivity index (χ1v) is 9.06. The van der Waals surface area contributed by atoms with Crippen LogP contribution in [0.15, 0.2) is 59.5 Å². The Morgan fingerprint density at radius 3 is 2.54 bits per heavy atom. The molecule has 0 aliphatic carbocycles. The van der Waals surface area contributed by atoms with Crippen molar-refractivity contribution in [1.82, 2.24) is 9.88 Å². The van der Waals surface area contributed by atoms with Crippen molar-refractivity contribution in [3.05, 3.63) is 71.4 Å². The van der Waals surface area contributed by atoms with Gasteiger partial charge in [-0.05, 0) is 43.0 Å². The largest absolute Gasteiger partial charge is 0.337 e. The van der Waals surface area contributed by atoms with Crippen molar-refractivity contribution in [2.45, 2.75) is 18.4 Å². The molecular weight excluding hydrogens is 316 g/mol. The zero-order valence-corrected chi connectivity index (χ0v) is 14.9. The van der Waals surface area contributed by atoms with E-state index in [2.05, 4.69) is 35.5 Å². The average Bonchev–Trinajstić information content (AvgIpc) is 2.61. The first-order chi connectivity index (χ1) is 11.6. The van der Waals surface area contributed by atoms with E-state index >= 15 is 0 Å². The van der Waals surface area contributed by atoms with Crippen molar-refractivity contribution in [3.63, 3.8) is 0 Å². The van der Waals surface area contributed by atoms with Crippen LogP contribution in [0, 0.1) is 6.92 Å². The zero-order valence-electron chi connectivity index (χ0n) is 14.1. The maximum atomic E-state index is 12.9. The lowest BCUT2D eigenvalue weighted by Crippen LogP contribution is -2.26. The number of pyridine rings is 1. The summed E-state index contributed by atoms with van der Waals surface area (Å²) in [5, 5.41) is 0.901. The number of hydrogen-bond acceptors (Lipinski definition) is 3. The van der Waals surface area contributed by atoms with E-state index in [0.717, 1.165) is 22.2 Å². The van der Waals surface area contributed by atoms with Gasteiger partial charge in [-0.25, -0.2) is 0 Å². The van der Waals surface area contributed by atoms with Gasteiger partial charge in [-0.2, -0.15) is 0 Å². The molecular formula is C20H20N2OS. The second-order valence-corrected chi connectivity index (χ2v) is 6.72. The van der Waals surface area contributed by atoms with E-state index in [4.69, 9.17) is 0 Å². The minimum atomic E-state index is 0.0191. The van der Waals surface area contributed by atoms with Crippen LogP contribution in [-0.4, -0.2) is 29.1 Å². The number of carbonyl (C=O) groups is 1. The summed E-state index contributed by atoms with van der Waals surface area (Å²) >= 11 is 1.72. The number of rotatable bonds is 4. The van der Waals surface area contributed by atoms with Gasteiger partial charge in [0.05, 0.1) is 11.1 Å². The molecule has 0 saturated carbocycles. The van der Waals surface area contributed by atoms with Crippen LogP contribution in [-0.2, 0) is 6.54 Å². The van der Waals surface area contributed by atoms with Gasteiger partial charge in [-0.1, -0.05) is 30.3 Å². The second kappa shape index (κ2) is 7.05. The van der Waals surface area contributed by atoms with Gasteiger partial charge in [0.25, 0.3) is 5.91 Å². The molecule has 1 amide bonds. The molecule has 3 nitrogen and oxygen atoms in total. The fourth-order valence-corrected chi connectivity index (χ4v) is 3.18. The Labute approximate surface area is 146 Å². The fraction of sp³-hybridized carbons (Fsp3) is 0.200. The zero-order chi connectivity index (χ0) is 17.1. The molecule has 0 radical (unpaired) electrons. The summed E-state index contributed by atoms with van der Waals surface area (Å²) in [6, 6.07) is 18.0. The highest BCUT2D eigenvalue weighted by Gasteiger charge is 2.16. The van der Waals surface area contributed by atoms with Gasteiger partial charge in [-0.15, -0.1) is 11.8 Å². The van der Waals surface area contributed by atoms with E-state index in [0.29, 0.717) is 12.1 Å². The fourth-order valence-electron chi connectivity index (χ4n) is 2.77. The normalized spacial score (nSPS) is 10.8. The highest BCUT2D eigenvalue weighted by atomic mass is 32.2. The summed E-state index contributed by atoms with van der Waals surface area (Å²) < 4.78 is 0. The lowest BCUT2D eigenvalue weighted by molar-refractivity contribution is 0.0787. The number of carbonyl (C=O) groups excluding carboxylic acids is 1. The summed E-state index contributed by atoms with van der Waals surface area (Å²) in [6.07, 6.45) is 2.06. The third kappa shape index (κ3) is 3.44. The lowest BCUT2D eigenvalue weighted by atomic mass is 10.1. The molecule has 0 atom stereocenters. The molecule has 0 unspecified atom stereocenters. The molecule has 0 bridgehead atoms. The molecule has 0 spiro atoms. The van der Waals surface area contributed by atoms with Crippen molar-refractivity contribution in [2.75, 3.05) is 13.3 Å². The van der Waals surface area contributed by atoms with Crippen LogP contribution in [0.3, 0.4) is 0 Å². The van der Waals surface area contributed by atoms with Crippen LogP contribution >= 0.6 is 11.8 Å². The van der Waals surface area contributed by atoms with Gasteiger partial charge in [0.15, 0.2) is 0 Å². The van der Waals surface area contributed by atoms with E-state index in [-0.39, 0.29) is 5.91 Å². The van der Waals surface area contributed by atoms with Crippen LogP contribution < -0.4 is 0 Å². The molecule has 3 aromatic rings. The van der Waals surface area contributed by atoms with Crippen molar-refractivity contribution < 1.29 is 4.79 Å². The van der Waals surface area contributed by atoms with Gasteiger partial charge >= 0.3 is 0 Å². The molecule has 0 N–H and O–H groups in total. The van der Waals surface area contributed by atoms with Crippen molar-refractivity contribution >= 4 is 28.6 Å². The monoisotopic (exact) mass is 336 g/mol. The van der Waals surface area contributed by atoms with Crippen LogP contribution in [0.2, 0.25) is 0 Å². The molecule has 0 aliphatic heterocycles. The predicted molar refractivity (Wildman–Crippen MR) is 101 cm³/mol. The number of nitrogens with zero attached hydrogens (tertiary/aromatic N) is 2. The molecule has 0 fully saturated rings. The van der Waals surface area contributed by atoms with Crippen LogP contribution in [0.4, 0.5) is 0 Å². The Morgan fingerprint density at radius 2 is 1.83 bits per heavy atom. The number of thioether (sulfide) groups is 1. The average molecular weight is 336 g/mol. The van der Waals surface area contributed by atoms with Crippen LogP contribution in [0.25, 0.3) is 10.9 Å². The Kier molecular flexibility index (Phi) is 4.86. The van der Waals surface area contributed by atoms with Gasteiger partial charge in [0, 0.05) is 29.6 Å². The molecule has 3 rings (SSSR count). The predicted octanol–water partition coefficient (Wildman–Crippen LogP) is 4.54. The standard InChI is InChI=1S/C20H20N2OS/c1-14-12-18(17-6-4-5-7-19(17)21-14)20(23)22(2)13-15-8-10-16(24-3)11-9-15/h4-12H,13H2,1-3H3. The summed E-state index contributed by atoms with van der Waals surface area (Å²) in [6.45, 7) is 2.51. The quantitative estimate of drug-likeness (QED) is 0.656. The third-order valence-electron chi connectivity index (χ3n) is 4.00. The van der Waals surface area contributed by atoms with Crippen molar-refractivity contribution in [3.8, 4) is 0 Å². The topological polar surface area (TPSA) is 33.2 Å². The molecule has 1 heterocycles. The van der Waals surface area contributed by atoms with E-state index < -0.39 is 0 Å². The molecule has 1 aromatic heterocycles. The van der Waals surface area contributed by atoms with Gasteiger partial charge in [-0.3, -0.25) is 9.78 Å². The van der Waals surface area contributed by atoms with Crippen LogP contribution in [0.1, 0.15) is 21.6 Å². The molecule has 24 heavy (non-hydrogen) atoms. The first kappa shape index (κ1) is 16.5. The molecule has 122 valence electrons. The van der Waals surface area contributed by atoms with Crippen molar-refractivity contribution in [2.24, 2.45) is 0 Å². The number of hydrogen-bond donors (Lipinski definition) is 0.